The van der Waals surface area contributed by atoms with Crippen molar-refractivity contribution in [3.8, 4) is 0 Å². The van der Waals surface area contributed by atoms with Crippen molar-refractivity contribution in [3.63, 3.8) is 0 Å². The van der Waals surface area contributed by atoms with Crippen LogP contribution in [0.2, 0.25) is 0 Å². The lowest BCUT2D eigenvalue weighted by Crippen LogP contribution is -2.04. The molecule has 0 spiro atoms. The number of fused-ring (bicyclic) bond motifs is 2. The van der Waals surface area contributed by atoms with Gasteiger partial charge in [-0.05, 0) is 19.3 Å². The number of rotatable bonds is 0. The van der Waals surface area contributed by atoms with Crippen molar-refractivity contribution in [1.82, 2.24) is 0 Å². The Morgan fingerprint density at radius 3 is 2.71 bits per heavy atom. The molecule has 0 amide bonds. The maximum absolute atomic E-state index is 5.31. The highest BCUT2D eigenvalue weighted by atomic mass is 16.5. The second kappa shape index (κ2) is 1.22. The fourth-order valence-electron chi connectivity index (χ4n) is 1.40. The SMILES string of the molecule is C1CC2C[C]1CO2. The molecule has 0 aromatic carbocycles. The molecule has 1 aliphatic heterocycles. The molecule has 1 radical (unpaired) electrons. The molecular formula is C6H9O. The Hall–Kier alpha value is -0.0400. The maximum atomic E-state index is 5.31. The first-order valence-corrected chi connectivity index (χ1v) is 2.90. The molecule has 39 valence electrons. The van der Waals surface area contributed by atoms with Gasteiger partial charge in [0.15, 0.2) is 0 Å². The smallest absolute Gasteiger partial charge is 0.0582 e. The number of ether oxygens (including phenoxy) is 1. The molecule has 1 heteroatoms. The first kappa shape index (κ1) is 3.90. The zero-order valence-electron chi connectivity index (χ0n) is 4.31. The van der Waals surface area contributed by atoms with Gasteiger partial charge in [-0.2, -0.15) is 0 Å². The van der Waals surface area contributed by atoms with E-state index < -0.39 is 0 Å². The molecule has 0 aromatic rings. The normalized spacial score (nSPS) is 40.3. The van der Waals surface area contributed by atoms with Crippen molar-refractivity contribution in [3.05, 3.63) is 5.92 Å². The third-order valence-corrected chi connectivity index (χ3v) is 1.86. The molecule has 7 heavy (non-hydrogen) atoms. The molecule has 2 bridgehead atoms. The Morgan fingerprint density at radius 2 is 2.57 bits per heavy atom. The molecule has 2 rings (SSSR count). The molecule has 0 N–H and O–H groups in total. The van der Waals surface area contributed by atoms with Crippen LogP contribution in [0.25, 0.3) is 0 Å². The highest BCUT2D eigenvalue weighted by Gasteiger charge is 2.32. The van der Waals surface area contributed by atoms with Gasteiger partial charge in [0.05, 0.1) is 12.7 Å². The van der Waals surface area contributed by atoms with E-state index in [1.54, 1.807) is 5.92 Å². The molecule has 1 saturated heterocycles. The average molecular weight is 97.1 g/mol. The lowest BCUT2D eigenvalue weighted by atomic mass is 10.1. The standard InChI is InChI=1S/C6H9O/c1-2-6-3-5(1)4-7-6/h6H,1-4H2. The van der Waals surface area contributed by atoms with E-state index in [1.807, 2.05) is 0 Å². The largest absolute Gasteiger partial charge is 0.378 e. The van der Waals surface area contributed by atoms with Gasteiger partial charge < -0.3 is 4.74 Å². The minimum absolute atomic E-state index is 0.634. The van der Waals surface area contributed by atoms with Crippen LogP contribution in [0.3, 0.4) is 0 Å². The summed E-state index contributed by atoms with van der Waals surface area (Å²) in [6.45, 7) is 0.977. The summed E-state index contributed by atoms with van der Waals surface area (Å²) in [5, 5.41) is 0. The summed E-state index contributed by atoms with van der Waals surface area (Å²) in [5.74, 6) is 1.64. The molecule has 1 atom stereocenters. The monoisotopic (exact) mass is 97.1 g/mol. The van der Waals surface area contributed by atoms with Gasteiger partial charge >= 0.3 is 0 Å². The predicted octanol–water partition coefficient (Wildman–Crippen LogP) is 1.14. The zero-order chi connectivity index (χ0) is 4.69. The van der Waals surface area contributed by atoms with Gasteiger partial charge in [0.1, 0.15) is 0 Å². The minimum Gasteiger partial charge on any atom is -0.378 e. The maximum Gasteiger partial charge on any atom is 0.0582 e. The van der Waals surface area contributed by atoms with Crippen LogP contribution in [0.1, 0.15) is 19.3 Å². The molecule has 0 aromatic heterocycles. The van der Waals surface area contributed by atoms with E-state index in [0.29, 0.717) is 6.10 Å². The molecule has 2 aliphatic rings. The molecule has 2 fully saturated rings. The van der Waals surface area contributed by atoms with E-state index in [2.05, 4.69) is 0 Å². The average Bonchev–Trinajstić information content (AvgIpc) is 2.22. The van der Waals surface area contributed by atoms with Gasteiger partial charge in [0, 0.05) is 5.92 Å². The van der Waals surface area contributed by atoms with Crippen LogP contribution in [0.15, 0.2) is 0 Å². The minimum atomic E-state index is 0.634. The predicted molar refractivity (Wildman–Crippen MR) is 26.8 cm³/mol. The number of hydrogen-bond acceptors (Lipinski definition) is 1. The van der Waals surface area contributed by atoms with Gasteiger partial charge in [-0.3, -0.25) is 0 Å². The zero-order valence-corrected chi connectivity index (χ0v) is 4.31. The Labute approximate surface area is 43.7 Å². The van der Waals surface area contributed by atoms with Crippen molar-refractivity contribution in [2.75, 3.05) is 6.61 Å². The Bertz CT molecular complexity index is 62.2. The third kappa shape index (κ3) is 0.480. The van der Waals surface area contributed by atoms with Crippen LogP contribution < -0.4 is 0 Å². The van der Waals surface area contributed by atoms with Gasteiger partial charge in [0.25, 0.3) is 0 Å². The first-order valence-electron chi connectivity index (χ1n) is 2.90. The van der Waals surface area contributed by atoms with Crippen LogP contribution in [0.4, 0.5) is 0 Å². The van der Waals surface area contributed by atoms with Crippen molar-refractivity contribution < 1.29 is 4.74 Å². The molecule has 1 saturated carbocycles. The van der Waals surface area contributed by atoms with Crippen LogP contribution in [-0.2, 0) is 4.74 Å². The topological polar surface area (TPSA) is 9.23 Å². The molecule has 1 nitrogen and oxygen atoms in total. The van der Waals surface area contributed by atoms with E-state index >= 15 is 0 Å². The van der Waals surface area contributed by atoms with Gasteiger partial charge in [-0.15, -0.1) is 0 Å². The van der Waals surface area contributed by atoms with Crippen LogP contribution in [0.5, 0.6) is 0 Å². The summed E-state index contributed by atoms with van der Waals surface area (Å²) in [6, 6.07) is 0. The molecule has 1 heterocycles. The van der Waals surface area contributed by atoms with Crippen molar-refractivity contribution in [2.45, 2.75) is 25.4 Å². The summed E-state index contributed by atoms with van der Waals surface area (Å²) in [7, 11) is 0. The Morgan fingerprint density at radius 1 is 1.57 bits per heavy atom. The summed E-state index contributed by atoms with van der Waals surface area (Å²) in [4.78, 5) is 0. The van der Waals surface area contributed by atoms with E-state index in [9.17, 15) is 0 Å². The lowest BCUT2D eigenvalue weighted by molar-refractivity contribution is 0.0935. The quantitative estimate of drug-likeness (QED) is 0.440. The van der Waals surface area contributed by atoms with Gasteiger partial charge in [0.2, 0.25) is 0 Å². The summed E-state index contributed by atoms with van der Waals surface area (Å²) < 4.78 is 5.31. The fourth-order valence-corrected chi connectivity index (χ4v) is 1.40. The highest BCUT2D eigenvalue weighted by molar-refractivity contribution is 5.04. The lowest BCUT2D eigenvalue weighted by Gasteiger charge is -2.07. The summed E-state index contributed by atoms with van der Waals surface area (Å²) in [5.41, 5.74) is 0. The summed E-state index contributed by atoms with van der Waals surface area (Å²) in [6.07, 6.45) is 4.56. The fraction of sp³-hybridized carbons (Fsp3) is 0.833. The highest BCUT2D eigenvalue weighted by Crippen LogP contribution is 2.36. The number of hydrogen-bond donors (Lipinski definition) is 0. The van der Waals surface area contributed by atoms with E-state index in [0.717, 1.165) is 6.61 Å². The van der Waals surface area contributed by atoms with Crippen molar-refractivity contribution >= 4 is 0 Å². The molecule has 1 unspecified atom stereocenters. The molecule has 1 aliphatic carbocycles. The van der Waals surface area contributed by atoms with Crippen LogP contribution in [-0.4, -0.2) is 12.7 Å². The molecular weight excluding hydrogens is 88.1 g/mol. The van der Waals surface area contributed by atoms with Gasteiger partial charge in [-0.25, -0.2) is 0 Å². The Balaban J connectivity index is 2.12. The third-order valence-electron chi connectivity index (χ3n) is 1.86. The first-order chi connectivity index (χ1) is 3.45. The van der Waals surface area contributed by atoms with Gasteiger partial charge in [-0.1, -0.05) is 0 Å². The van der Waals surface area contributed by atoms with Crippen molar-refractivity contribution in [1.29, 1.82) is 0 Å². The van der Waals surface area contributed by atoms with Crippen LogP contribution in [0, 0.1) is 5.92 Å². The van der Waals surface area contributed by atoms with E-state index in [-0.39, 0.29) is 0 Å². The second-order valence-electron chi connectivity index (χ2n) is 2.43. The van der Waals surface area contributed by atoms with Crippen molar-refractivity contribution in [2.24, 2.45) is 0 Å². The van der Waals surface area contributed by atoms with E-state index in [1.165, 1.54) is 19.3 Å². The summed E-state index contributed by atoms with van der Waals surface area (Å²) >= 11 is 0. The Kier molecular flexibility index (Phi) is 0.680. The second-order valence-corrected chi connectivity index (χ2v) is 2.43. The van der Waals surface area contributed by atoms with Crippen LogP contribution >= 0.6 is 0 Å². The van der Waals surface area contributed by atoms with E-state index in [4.69, 9.17) is 4.74 Å².